The number of aromatic nitrogens is 2. The summed E-state index contributed by atoms with van der Waals surface area (Å²) in [6, 6.07) is 15.4. The van der Waals surface area contributed by atoms with Crippen molar-refractivity contribution in [1.29, 1.82) is 0 Å². The molecule has 0 saturated carbocycles. The zero-order valence-electron chi connectivity index (χ0n) is 12.8. The Labute approximate surface area is 152 Å². The van der Waals surface area contributed by atoms with Gasteiger partial charge in [0.05, 0.1) is 0 Å². The summed E-state index contributed by atoms with van der Waals surface area (Å²) in [5, 5.41) is 11.4. The van der Waals surface area contributed by atoms with Gasteiger partial charge in [0, 0.05) is 28.4 Å². The van der Waals surface area contributed by atoms with Gasteiger partial charge in [-0.2, -0.15) is 0 Å². The van der Waals surface area contributed by atoms with Crippen LogP contribution in [0.1, 0.15) is 12.5 Å². The molecule has 5 nitrogen and oxygen atoms in total. The number of benzene rings is 2. The van der Waals surface area contributed by atoms with Crippen LogP contribution in [0, 0.1) is 0 Å². The molecule has 24 heavy (non-hydrogen) atoms. The van der Waals surface area contributed by atoms with Crippen LogP contribution in [0.15, 0.2) is 62.6 Å². The van der Waals surface area contributed by atoms with Gasteiger partial charge in [-0.1, -0.05) is 39.8 Å². The van der Waals surface area contributed by atoms with E-state index in [4.69, 9.17) is 4.42 Å². The van der Waals surface area contributed by atoms with Crippen LogP contribution in [-0.4, -0.2) is 16.1 Å². The molecule has 7 heteroatoms. The number of hydrogen-bond acceptors (Lipinski definition) is 5. The first-order chi connectivity index (χ1) is 11.6. The van der Waals surface area contributed by atoms with E-state index in [9.17, 15) is 4.79 Å². The lowest BCUT2D eigenvalue weighted by molar-refractivity contribution is -0.114. The van der Waals surface area contributed by atoms with Crippen LogP contribution in [0.5, 0.6) is 0 Å². The topological polar surface area (TPSA) is 68.0 Å². The van der Waals surface area contributed by atoms with Crippen molar-refractivity contribution in [2.75, 3.05) is 5.32 Å². The molecule has 1 aromatic heterocycles. The van der Waals surface area contributed by atoms with Gasteiger partial charge >= 0.3 is 0 Å². The molecule has 0 fully saturated rings. The van der Waals surface area contributed by atoms with Crippen LogP contribution < -0.4 is 5.32 Å². The van der Waals surface area contributed by atoms with E-state index in [1.807, 2.05) is 24.3 Å². The summed E-state index contributed by atoms with van der Waals surface area (Å²) in [6.07, 6.45) is 0. The Bertz CT molecular complexity index is 849. The SMILES string of the molecule is CC(=O)Nc1ccc(-c2nnc(SCc3cccc(Br)c3)o2)cc1. The third-order valence-corrected chi connectivity index (χ3v) is 4.49. The van der Waals surface area contributed by atoms with Gasteiger partial charge in [0.1, 0.15) is 0 Å². The Hall–Kier alpha value is -2.12. The maximum Gasteiger partial charge on any atom is 0.277 e. The van der Waals surface area contributed by atoms with Gasteiger partial charge in [0.15, 0.2) is 0 Å². The third kappa shape index (κ3) is 4.46. The van der Waals surface area contributed by atoms with Crippen molar-refractivity contribution in [1.82, 2.24) is 10.2 Å². The predicted molar refractivity (Wildman–Crippen MR) is 97.7 cm³/mol. The first-order valence-corrected chi connectivity index (χ1v) is 8.97. The highest BCUT2D eigenvalue weighted by Crippen LogP contribution is 2.27. The Kier molecular flexibility index (Phi) is 5.32. The fourth-order valence-corrected chi connectivity index (χ4v) is 3.21. The van der Waals surface area contributed by atoms with Crippen LogP contribution in [0.2, 0.25) is 0 Å². The van der Waals surface area contributed by atoms with E-state index in [0.29, 0.717) is 11.1 Å². The number of rotatable bonds is 5. The zero-order valence-corrected chi connectivity index (χ0v) is 15.2. The highest BCUT2D eigenvalue weighted by molar-refractivity contribution is 9.10. The van der Waals surface area contributed by atoms with Crippen molar-refractivity contribution in [3.8, 4) is 11.5 Å². The molecule has 2 aromatic carbocycles. The lowest BCUT2D eigenvalue weighted by Crippen LogP contribution is -2.05. The number of anilines is 1. The molecule has 1 amide bonds. The Morgan fingerprint density at radius 2 is 2.00 bits per heavy atom. The number of amides is 1. The molecule has 0 bridgehead atoms. The summed E-state index contributed by atoms with van der Waals surface area (Å²) in [4.78, 5) is 11.0. The van der Waals surface area contributed by atoms with Gasteiger partial charge in [-0.25, -0.2) is 0 Å². The van der Waals surface area contributed by atoms with Crippen LogP contribution in [-0.2, 0) is 10.5 Å². The minimum absolute atomic E-state index is 0.105. The molecule has 0 aliphatic rings. The summed E-state index contributed by atoms with van der Waals surface area (Å²) in [5.74, 6) is 1.11. The molecule has 122 valence electrons. The van der Waals surface area contributed by atoms with E-state index in [0.717, 1.165) is 21.5 Å². The minimum Gasteiger partial charge on any atom is -0.411 e. The van der Waals surface area contributed by atoms with Crippen LogP contribution in [0.25, 0.3) is 11.5 Å². The number of hydrogen-bond donors (Lipinski definition) is 1. The lowest BCUT2D eigenvalue weighted by Gasteiger charge is -2.01. The lowest BCUT2D eigenvalue weighted by atomic mass is 10.2. The summed E-state index contributed by atoms with van der Waals surface area (Å²) in [7, 11) is 0. The Balaban J connectivity index is 1.65. The van der Waals surface area contributed by atoms with Gasteiger partial charge in [0.25, 0.3) is 5.22 Å². The van der Waals surface area contributed by atoms with Crippen LogP contribution in [0.4, 0.5) is 5.69 Å². The van der Waals surface area contributed by atoms with E-state index < -0.39 is 0 Å². The number of nitrogens with one attached hydrogen (secondary N) is 1. The van der Waals surface area contributed by atoms with E-state index in [1.165, 1.54) is 24.2 Å². The van der Waals surface area contributed by atoms with Crippen molar-refractivity contribution in [3.05, 3.63) is 58.6 Å². The molecule has 0 atom stereocenters. The first kappa shape index (κ1) is 16.7. The minimum atomic E-state index is -0.105. The number of carbonyl (C=O) groups is 1. The Morgan fingerprint density at radius 1 is 1.21 bits per heavy atom. The van der Waals surface area contributed by atoms with Crippen molar-refractivity contribution in [2.45, 2.75) is 17.9 Å². The quantitative estimate of drug-likeness (QED) is 0.622. The average Bonchev–Trinajstić information content (AvgIpc) is 3.02. The maximum absolute atomic E-state index is 11.0. The number of thioether (sulfide) groups is 1. The molecule has 0 aliphatic heterocycles. The van der Waals surface area contributed by atoms with Crippen molar-refractivity contribution >= 4 is 39.3 Å². The van der Waals surface area contributed by atoms with E-state index in [-0.39, 0.29) is 5.91 Å². The average molecular weight is 404 g/mol. The fraction of sp³-hybridized carbons (Fsp3) is 0.118. The highest BCUT2D eigenvalue weighted by Gasteiger charge is 2.09. The van der Waals surface area contributed by atoms with Gasteiger partial charge in [-0.3, -0.25) is 4.79 Å². The van der Waals surface area contributed by atoms with Crippen LogP contribution in [0.3, 0.4) is 0 Å². The number of carbonyl (C=O) groups excluding carboxylic acids is 1. The smallest absolute Gasteiger partial charge is 0.277 e. The normalized spacial score (nSPS) is 10.6. The molecule has 0 spiro atoms. The first-order valence-electron chi connectivity index (χ1n) is 7.19. The molecule has 3 rings (SSSR count). The highest BCUT2D eigenvalue weighted by atomic mass is 79.9. The van der Waals surface area contributed by atoms with E-state index in [1.54, 1.807) is 12.1 Å². The summed E-state index contributed by atoms with van der Waals surface area (Å²) in [5.41, 5.74) is 2.72. The summed E-state index contributed by atoms with van der Waals surface area (Å²) in [6.45, 7) is 1.47. The third-order valence-electron chi connectivity index (χ3n) is 3.11. The van der Waals surface area contributed by atoms with Gasteiger partial charge in [-0.15, -0.1) is 10.2 Å². The van der Waals surface area contributed by atoms with Gasteiger partial charge in [0.2, 0.25) is 11.8 Å². The molecule has 1 N–H and O–H groups in total. The van der Waals surface area contributed by atoms with E-state index in [2.05, 4.69) is 43.6 Å². The fourth-order valence-electron chi connectivity index (χ4n) is 2.06. The molecular weight excluding hydrogens is 390 g/mol. The van der Waals surface area contributed by atoms with Crippen molar-refractivity contribution in [3.63, 3.8) is 0 Å². The Morgan fingerprint density at radius 3 is 2.71 bits per heavy atom. The molecule has 1 heterocycles. The maximum atomic E-state index is 11.0. The van der Waals surface area contributed by atoms with Crippen molar-refractivity contribution < 1.29 is 9.21 Å². The second-order valence-electron chi connectivity index (χ2n) is 5.05. The molecule has 0 unspecified atom stereocenters. The summed E-state index contributed by atoms with van der Waals surface area (Å²) < 4.78 is 6.73. The summed E-state index contributed by atoms with van der Waals surface area (Å²) >= 11 is 4.95. The largest absolute Gasteiger partial charge is 0.411 e. The standard InChI is InChI=1S/C17H14BrN3O2S/c1-11(22)19-15-7-5-13(6-8-15)16-20-21-17(23-16)24-10-12-3-2-4-14(18)9-12/h2-9H,10H2,1H3,(H,19,22). The second-order valence-corrected chi connectivity index (χ2v) is 6.89. The van der Waals surface area contributed by atoms with Gasteiger partial charge in [-0.05, 0) is 42.0 Å². The zero-order chi connectivity index (χ0) is 16.9. The van der Waals surface area contributed by atoms with E-state index >= 15 is 0 Å². The number of halogens is 1. The number of nitrogens with zero attached hydrogens (tertiary/aromatic N) is 2. The molecule has 3 aromatic rings. The van der Waals surface area contributed by atoms with Crippen molar-refractivity contribution in [2.24, 2.45) is 0 Å². The molecule has 0 aliphatic carbocycles. The monoisotopic (exact) mass is 403 g/mol. The predicted octanol–water partition coefficient (Wildman–Crippen LogP) is 4.75. The molecule has 0 saturated heterocycles. The van der Waals surface area contributed by atoms with Gasteiger partial charge < -0.3 is 9.73 Å². The second kappa shape index (κ2) is 7.63. The molecule has 0 radical (unpaired) electrons. The van der Waals surface area contributed by atoms with Crippen LogP contribution >= 0.6 is 27.7 Å². The molecular formula is C17H14BrN3O2S.